The van der Waals surface area contributed by atoms with Crippen LogP contribution in [0.1, 0.15) is 25.5 Å². The molecule has 0 spiro atoms. The van der Waals surface area contributed by atoms with E-state index in [-0.39, 0.29) is 6.04 Å². The van der Waals surface area contributed by atoms with Gasteiger partial charge in [-0.05, 0) is 31.2 Å². The normalized spacial score (nSPS) is 12.6. The second kappa shape index (κ2) is 5.05. The average molecular weight is 248 g/mol. The van der Waals surface area contributed by atoms with Gasteiger partial charge in [-0.25, -0.2) is 24.4 Å². The molecule has 1 heterocycles. The van der Waals surface area contributed by atoms with Gasteiger partial charge in [0.1, 0.15) is 0 Å². The standard InChI is InChI=1S/C12H16N4O2/c1-3-13-8(2)9-4-6-10(7-5-9)16-11(17)14-15-12(16)18/h4-8,13H,3H2,1-2H3,(H,14,17)(H,15,18). The molecule has 6 nitrogen and oxygen atoms in total. The van der Waals surface area contributed by atoms with Crippen molar-refractivity contribution < 1.29 is 0 Å². The zero-order chi connectivity index (χ0) is 13.1. The molecule has 0 aliphatic heterocycles. The fraction of sp³-hybridized carbons (Fsp3) is 0.333. The van der Waals surface area contributed by atoms with E-state index in [4.69, 9.17) is 0 Å². The Kier molecular flexibility index (Phi) is 3.47. The van der Waals surface area contributed by atoms with E-state index in [9.17, 15) is 9.59 Å². The highest BCUT2D eigenvalue weighted by molar-refractivity contribution is 5.35. The second-order valence-corrected chi connectivity index (χ2v) is 4.07. The summed E-state index contributed by atoms with van der Waals surface area (Å²) in [4.78, 5) is 22.9. The number of aromatic amines is 2. The third kappa shape index (κ3) is 2.28. The molecule has 0 aliphatic carbocycles. The van der Waals surface area contributed by atoms with Crippen molar-refractivity contribution in [2.24, 2.45) is 0 Å². The first-order chi connectivity index (χ1) is 8.63. The van der Waals surface area contributed by atoms with Crippen molar-refractivity contribution >= 4 is 0 Å². The Bertz CT molecular complexity index is 593. The van der Waals surface area contributed by atoms with Gasteiger partial charge in [0.05, 0.1) is 5.69 Å². The third-order valence-corrected chi connectivity index (χ3v) is 2.84. The molecule has 0 aliphatic rings. The smallest absolute Gasteiger partial charge is 0.310 e. The highest BCUT2D eigenvalue weighted by Gasteiger charge is 2.07. The van der Waals surface area contributed by atoms with Gasteiger partial charge < -0.3 is 5.32 Å². The Balaban J connectivity index is 2.34. The molecule has 0 bridgehead atoms. The summed E-state index contributed by atoms with van der Waals surface area (Å²) in [5, 5.41) is 7.80. The molecule has 3 N–H and O–H groups in total. The van der Waals surface area contributed by atoms with Crippen LogP contribution in [0.25, 0.3) is 5.69 Å². The Labute approximate surface area is 104 Å². The first-order valence-electron chi connectivity index (χ1n) is 5.87. The summed E-state index contributed by atoms with van der Waals surface area (Å²) in [5.41, 5.74) is 0.732. The maximum Gasteiger partial charge on any atom is 0.348 e. The van der Waals surface area contributed by atoms with Crippen molar-refractivity contribution in [2.45, 2.75) is 19.9 Å². The molecule has 96 valence electrons. The molecule has 0 fully saturated rings. The molecule has 2 rings (SSSR count). The first kappa shape index (κ1) is 12.4. The molecule has 1 atom stereocenters. The zero-order valence-electron chi connectivity index (χ0n) is 10.4. The Morgan fingerprint density at radius 2 is 1.72 bits per heavy atom. The molecule has 1 unspecified atom stereocenters. The molecule has 0 saturated heterocycles. The van der Waals surface area contributed by atoms with Gasteiger partial charge in [-0.15, -0.1) is 0 Å². The van der Waals surface area contributed by atoms with Crippen LogP contribution in [0.15, 0.2) is 33.9 Å². The fourth-order valence-corrected chi connectivity index (χ4v) is 1.88. The van der Waals surface area contributed by atoms with Crippen LogP contribution in [0, 0.1) is 0 Å². The lowest BCUT2D eigenvalue weighted by Crippen LogP contribution is -2.24. The molecule has 18 heavy (non-hydrogen) atoms. The van der Waals surface area contributed by atoms with Crippen molar-refractivity contribution in [1.82, 2.24) is 20.1 Å². The van der Waals surface area contributed by atoms with Gasteiger partial charge in [0, 0.05) is 6.04 Å². The largest absolute Gasteiger partial charge is 0.348 e. The van der Waals surface area contributed by atoms with E-state index in [1.54, 1.807) is 12.1 Å². The number of rotatable bonds is 4. The summed E-state index contributed by atoms with van der Waals surface area (Å²) in [6.07, 6.45) is 0. The number of hydrogen-bond donors (Lipinski definition) is 3. The molecule has 0 saturated carbocycles. The summed E-state index contributed by atoms with van der Waals surface area (Å²) < 4.78 is 1.06. The van der Waals surface area contributed by atoms with Crippen LogP contribution in [0.2, 0.25) is 0 Å². The van der Waals surface area contributed by atoms with Gasteiger partial charge in [-0.1, -0.05) is 19.1 Å². The van der Waals surface area contributed by atoms with E-state index in [0.717, 1.165) is 16.7 Å². The third-order valence-electron chi connectivity index (χ3n) is 2.84. The van der Waals surface area contributed by atoms with Crippen molar-refractivity contribution in [3.8, 4) is 5.69 Å². The average Bonchev–Trinajstić information content (AvgIpc) is 2.70. The Morgan fingerprint density at radius 3 is 2.22 bits per heavy atom. The van der Waals surface area contributed by atoms with Crippen molar-refractivity contribution in [1.29, 1.82) is 0 Å². The lowest BCUT2D eigenvalue weighted by atomic mass is 10.1. The maximum absolute atomic E-state index is 11.4. The van der Waals surface area contributed by atoms with E-state index < -0.39 is 11.4 Å². The lowest BCUT2D eigenvalue weighted by molar-refractivity contribution is 0.598. The predicted octanol–water partition coefficient (Wildman–Crippen LogP) is 0.524. The number of hydrogen-bond acceptors (Lipinski definition) is 3. The van der Waals surface area contributed by atoms with Crippen molar-refractivity contribution in [3.05, 3.63) is 50.8 Å². The maximum atomic E-state index is 11.4. The SMILES string of the molecule is CCNC(C)c1ccc(-n2c(=O)[nH][nH]c2=O)cc1. The van der Waals surface area contributed by atoms with E-state index in [2.05, 4.69) is 22.4 Å². The van der Waals surface area contributed by atoms with Gasteiger partial charge in [-0.2, -0.15) is 0 Å². The zero-order valence-corrected chi connectivity index (χ0v) is 10.4. The monoisotopic (exact) mass is 248 g/mol. The van der Waals surface area contributed by atoms with Gasteiger partial charge in [0.2, 0.25) is 0 Å². The van der Waals surface area contributed by atoms with Crippen LogP contribution >= 0.6 is 0 Å². The van der Waals surface area contributed by atoms with Crippen molar-refractivity contribution in [3.63, 3.8) is 0 Å². The minimum Gasteiger partial charge on any atom is -0.310 e. The minimum absolute atomic E-state index is 0.241. The van der Waals surface area contributed by atoms with Crippen LogP contribution in [0.3, 0.4) is 0 Å². The highest BCUT2D eigenvalue weighted by Crippen LogP contribution is 2.13. The topological polar surface area (TPSA) is 82.7 Å². The molecule has 0 amide bonds. The van der Waals surface area contributed by atoms with Gasteiger partial charge in [0.15, 0.2) is 0 Å². The predicted molar refractivity (Wildman–Crippen MR) is 69.1 cm³/mol. The van der Waals surface area contributed by atoms with E-state index in [1.165, 1.54) is 0 Å². The fourth-order valence-electron chi connectivity index (χ4n) is 1.88. The number of aromatic nitrogens is 3. The number of nitrogens with one attached hydrogen (secondary N) is 3. The molecular weight excluding hydrogens is 232 g/mol. The van der Waals surface area contributed by atoms with E-state index >= 15 is 0 Å². The lowest BCUT2D eigenvalue weighted by Gasteiger charge is -2.12. The van der Waals surface area contributed by atoms with Crippen LogP contribution in [-0.4, -0.2) is 21.3 Å². The van der Waals surface area contributed by atoms with Crippen LogP contribution < -0.4 is 16.7 Å². The van der Waals surface area contributed by atoms with Gasteiger partial charge in [0.25, 0.3) is 0 Å². The minimum atomic E-state index is -0.465. The van der Waals surface area contributed by atoms with Crippen LogP contribution in [-0.2, 0) is 0 Å². The molecule has 1 aromatic carbocycles. The molecule has 1 aromatic heterocycles. The van der Waals surface area contributed by atoms with Crippen molar-refractivity contribution in [2.75, 3.05) is 6.54 Å². The first-order valence-corrected chi connectivity index (χ1v) is 5.87. The number of H-pyrrole nitrogens is 2. The molecular formula is C12H16N4O2. The van der Waals surface area contributed by atoms with Crippen LogP contribution in [0.4, 0.5) is 0 Å². The van der Waals surface area contributed by atoms with E-state index in [1.807, 2.05) is 19.1 Å². The molecule has 6 heteroatoms. The summed E-state index contributed by atoms with van der Waals surface area (Å²) in [5.74, 6) is 0. The summed E-state index contributed by atoms with van der Waals surface area (Å²) in [7, 11) is 0. The quantitative estimate of drug-likeness (QED) is 0.738. The van der Waals surface area contributed by atoms with E-state index in [0.29, 0.717) is 5.69 Å². The summed E-state index contributed by atoms with van der Waals surface area (Å²) in [6.45, 7) is 5.00. The highest BCUT2D eigenvalue weighted by atomic mass is 16.2. The molecule has 0 radical (unpaired) electrons. The summed E-state index contributed by atoms with van der Waals surface area (Å²) >= 11 is 0. The van der Waals surface area contributed by atoms with Gasteiger partial charge in [-0.3, -0.25) is 0 Å². The number of nitrogens with zero attached hydrogens (tertiary/aromatic N) is 1. The second-order valence-electron chi connectivity index (χ2n) is 4.07. The summed E-state index contributed by atoms with van der Waals surface area (Å²) in [6, 6.07) is 7.56. The Hall–Kier alpha value is -2.08. The molecule has 2 aromatic rings. The van der Waals surface area contributed by atoms with Crippen LogP contribution in [0.5, 0.6) is 0 Å². The number of benzene rings is 1. The Morgan fingerprint density at radius 1 is 1.17 bits per heavy atom. The van der Waals surface area contributed by atoms with Gasteiger partial charge >= 0.3 is 11.4 Å².